The van der Waals surface area contributed by atoms with Crippen molar-refractivity contribution < 1.29 is 43.2 Å². The van der Waals surface area contributed by atoms with Crippen LogP contribution in [0.3, 0.4) is 0 Å². The van der Waals surface area contributed by atoms with E-state index in [1.54, 1.807) is 39.0 Å². The molecule has 2 aromatic heterocycles. The number of aromatic hydroxyl groups is 1. The Bertz CT molecular complexity index is 1730. The number of ether oxygens (including phenoxy) is 4. The summed E-state index contributed by atoms with van der Waals surface area (Å²) < 4.78 is 27.9. The number of aliphatic hydroxyl groups excluding tert-OH is 1. The van der Waals surface area contributed by atoms with Crippen LogP contribution >= 0.6 is 11.3 Å². The van der Waals surface area contributed by atoms with Crippen molar-refractivity contribution in [1.82, 2.24) is 0 Å². The summed E-state index contributed by atoms with van der Waals surface area (Å²) in [7, 11) is 1.38. The summed E-state index contributed by atoms with van der Waals surface area (Å²) in [6, 6.07) is 13.6. The second-order valence-corrected chi connectivity index (χ2v) is 11.4. The van der Waals surface area contributed by atoms with Gasteiger partial charge in [-0.3, -0.25) is 4.79 Å². The molecule has 1 fully saturated rings. The molecule has 5 rings (SSSR count). The lowest BCUT2D eigenvalue weighted by Crippen LogP contribution is -2.65. The lowest BCUT2D eigenvalue weighted by Gasteiger charge is -2.47. The zero-order valence-electron chi connectivity index (χ0n) is 23.7. The van der Waals surface area contributed by atoms with E-state index in [4.69, 9.17) is 29.1 Å². The third kappa shape index (κ3) is 5.79. The number of aryl methyl sites for hydroxylation is 1. The number of hydrogen-bond acceptors (Lipinski definition) is 11. The van der Waals surface area contributed by atoms with Crippen LogP contribution < -0.4 is 21.4 Å². The molecule has 0 unspecified atom stereocenters. The van der Waals surface area contributed by atoms with Gasteiger partial charge in [0.2, 0.25) is 6.29 Å². The van der Waals surface area contributed by atoms with E-state index >= 15 is 0 Å². The number of carbonyl (C=O) groups excluding carboxylic acids is 2. The van der Waals surface area contributed by atoms with Crippen LogP contribution in [0, 0.1) is 6.92 Å². The van der Waals surface area contributed by atoms with Gasteiger partial charge in [-0.2, -0.15) is 0 Å². The number of hydrogen-bond donors (Lipinski definition) is 4. The summed E-state index contributed by atoms with van der Waals surface area (Å²) in [5, 5.41) is 26.5. The van der Waals surface area contributed by atoms with Gasteiger partial charge in [0.25, 0.3) is 5.91 Å². The van der Waals surface area contributed by atoms with Gasteiger partial charge in [0.1, 0.15) is 17.4 Å². The quantitative estimate of drug-likeness (QED) is 0.222. The molecule has 1 saturated heterocycles. The highest BCUT2D eigenvalue weighted by molar-refractivity contribution is 7.13. The fourth-order valence-corrected chi connectivity index (χ4v) is 5.84. The molecule has 2 amide bonds. The van der Waals surface area contributed by atoms with Crippen molar-refractivity contribution in [3.8, 4) is 21.9 Å². The maximum atomic E-state index is 13.0. The normalized spacial score (nSPS) is 21.3. The van der Waals surface area contributed by atoms with Gasteiger partial charge in [-0.25, -0.2) is 9.59 Å². The molecule has 0 saturated carbocycles. The molecule has 0 aliphatic carbocycles. The third-order valence-electron chi connectivity index (χ3n) is 7.18. The summed E-state index contributed by atoms with van der Waals surface area (Å²) in [6.07, 6.45) is -6.03. The van der Waals surface area contributed by atoms with Crippen LogP contribution in [0.4, 0.5) is 10.5 Å². The monoisotopic (exact) mass is 610 g/mol. The number of benzene rings is 2. The Labute approximate surface area is 249 Å². The van der Waals surface area contributed by atoms with Crippen molar-refractivity contribution in [3.63, 3.8) is 0 Å². The van der Waals surface area contributed by atoms with Crippen LogP contribution in [0.2, 0.25) is 0 Å². The third-order valence-corrected chi connectivity index (χ3v) is 8.10. The van der Waals surface area contributed by atoms with Crippen molar-refractivity contribution >= 4 is 40.0 Å². The Kier molecular flexibility index (Phi) is 8.16. The van der Waals surface area contributed by atoms with Gasteiger partial charge in [-0.05, 0) is 62.0 Å². The molecule has 2 aromatic carbocycles. The number of primary amides is 1. The molecule has 0 radical (unpaired) electrons. The van der Waals surface area contributed by atoms with Crippen LogP contribution in [0.5, 0.6) is 11.5 Å². The number of anilines is 1. The predicted molar refractivity (Wildman–Crippen MR) is 157 cm³/mol. The topological polar surface area (TPSA) is 180 Å². The molecule has 43 heavy (non-hydrogen) atoms. The van der Waals surface area contributed by atoms with Crippen molar-refractivity contribution in [3.05, 3.63) is 75.5 Å². The molecule has 1 aliphatic rings. The Balaban J connectivity index is 1.42. The van der Waals surface area contributed by atoms with Gasteiger partial charge in [0.05, 0.1) is 11.0 Å². The van der Waals surface area contributed by atoms with Crippen LogP contribution in [0.15, 0.2) is 63.1 Å². The second kappa shape index (κ2) is 11.7. The predicted octanol–water partition coefficient (Wildman–Crippen LogP) is 4.14. The Hall–Kier alpha value is -4.43. The van der Waals surface area contributed by atoms with E-state index in [2.05, 4.69) is 5.32 Å². The molecule has 4 atom stereocenters. The number of nitrogens with one attached hydrogen (secondary N) is 1. The number of methoxy groups -OCH3 is 1. The van der Waals surface area contributed by atoms with E-state index < -0.39 is 59.3 Å². The van der Waals surface area contributed by atoms with Crippen molar-refractivity contribution in [2.45, 2.75) is 51.0 Å². The highest BCUT2D eigenvalue weighted by atomic mass is 32.1. The first kappa shape index (κ1) is 30.0. The SMILES string of the molecule is CO[C@@H]1[C@@H](OC(N)=O)[C@@H](O)[C@H](Oc2ccc3c(O)c(NC(=O)c4cccc(-c5cccs5)c4)c(=O)oc3c2C)OC1(C)C. The zero-order chi connectivity index (χ0) is 31.1. The smallest absolute Gasteiger partial charge is 0.404 e. The van der Waals surface area contributed by atoms with Crippen LogP contribution in [-0.4, -0.2) is 59.5 Å². The minimum atomic E-state index is -1.50. The number of amides is 2. The number of thiophene rings is 1. The van der Waals surface area contributed by atoms with Crippen LogP contribution in [0.1, 0.15) is 29.8 Å². The minimum absolute atomic E-state index is 0.0121. The van der Waals surface area contributed by atoms with Crippen LogP contribution in [0.25, 0.3) is 21.4 Å². The number of aliphatic hydroxyl groups is 1. The zero-order valence-corrected chi connectivity index (χ0v) is 24.5. The number of rotatable bonds is 7. The average Bonchev–Trinajstić information content (AvgIpc) is 3.50. The van der Waals surface area contributed by atoms with E-state index in [9.17, 15) is 24.6 Å². The number of nitrogens with two attached hydrogens (primary N) is 1. The average molecular weight is 611 g/mol. The van der Waals surface area contributed by atoms with Gasteiger partial charge in [-0.15, -0.1) is 11.3 Å². The Morgan fingerprint density at radius 3 is 2.58 bits per heavy atom. The maximum Gasteiger partial charge on any atom is 0.404 e. The lowest BCUT2D eigenvalue weighted by molar-refractivity contribution is -0.304. The molecule has 4 aromatic rings. The molecule has 1 aliphatic heterocycles. The van der Waals surface area contributed by atoms with E-state index in [0.29, 0.717) is 5.56 Å². The summed E-state index contributed by atoms with van der Waals surface area (Å²) >= 11 is 1.52. The molecule has 5 N–H and O–H groups in total. The van der Waals surface area contributed by atoms with Gasteiger partial charge >= 0.3 is 11.7 Å². The Morgan fingerprint density at radius 1 is 1.14 bits per heavy atom. The first-order valence-electron chi connectivity index (χ1n) is 13.2. The minimum Gasteiger partial charge on any atom is -0.505 e. The molecule has 12 nitrogen and oxygen atoms in total. The highest BCUT2D eigenvalue weighted by Gasteiger charge is 2.53. The molecule has 0 bridgehead atoms. The van der Waals surface area contributed by atoms with Gasteiger partial charge in [0, 0.05) is 23.1 Å². The molecule has 226 valence electrons. The Morgan fingerprint density at radius 2 is 1.91 bits per heavy atom. The summed E-state index contributed by atoms with van der Waals surface area (Å²) in [5.74, 6) is -0.951. The molecule has 13 heteroatoms. The fourth-order valence-electron chi connectivity index (χ4n) is 5.11. The number of fused-ring (bicyclic) bond motifs is 1. The first-order valence-corrected chi connectivity index (χ1v) is 14.1. The van der Waals surface area contributed by atoms with Crippen molar-refractivity contribution in [1.29, 1.82) is 0 Å². The molecule has 3 heterocycles. The maximum absolute atomic E-state index is 13.0. The van der Waals surface area contributed by atoms with E-state index in [1.165, 1.54) is 30.6 Å². The first-order chi connectivity index (χ1) is 20.4. The summed E-state index contributed by atoms with van der Waals surface area (Å²) in [4.78, 5) is 38.5. The van der Waals surface area contributed by atoms with Gasteiger partial charge < -0.3 is 44.6 Å². The summed E-state index contributed by atoms with van der Waals surface area (Å²) in [5.41, 5.74) is 4.12. The number of carbonyl (C=O) groups is 2. The lowest BCUT2D eigenvalue weighted by atomic mass is 9.89. The standard InChI is InChI=1S/C30H30N2O10S/c1-14-18(39-28-22(34)24(41-29(31)37)25(38-4)30(2,3)42-28)11-10-17-21(33)20(27(36)40-23(14)17)32-26(35)16-8-5-7-15(13-16)19-9-6-12-43-19/h5-13,22,24-25,28,33-34H,1-4H3,(H2,31,37)(H,32,35)/t22-,24+,25-,28-/m1/s1. The van der Waals surface area contributed by atoms with Crippen LogP contribution in [-0.2, 0) is 14.2 Å². The van der Waals surface area contributed by atoms with E-state index in [1.807, 2.05) is 23.6 Å². The molecule has 0 spiro atoms. The molecular formula is C30H30N2O10S. The second-order valence-electron chi connectivity index (χ2n) is 10.4. The fraction of sp³-hybridized carbons (Fsp3) is 0.300. The van der Waals surface area contributed by atoms with E-state index in [0.717, 1.165) is 10.4 Å². The highest BCUT2D eigenvalue weighted by Crippen LogP contribution is 2.38. The van der Waals surface area contributed by atoms with E-state index in [-0.39, 0.29) is 22.3 Å². The largest absolute Gasteiger partial charge is 0.505 e. The van der Waals surface area contributed by atoms with Crippen molar-refractivity contribution in [2.24, 2.45) is 5.73 Å². The van der Waals surface area contributed by atoms with Gasteiger partial charge in [-0.1, -0.05) is 18.2 Å². The van der Waals surface area contributed by atoms with Crippen molar-refractivity contribution in [2.75, 3.05) is 12.4 Å². The molecular weight excluding hydrogens is 580 g/mol. The summed E-state index contributed by atoms with van der Waals surface area (Å²) in [6.45, 7) is 4.91. The van der Waals surface area contributed by atoms with Gasteiger partial charge in [0.15, 0.2) is 23.6 Å².